The van der Waals surface area contributed by atoms with Crippen molar-refractivity contribution in [2.24, 2.45) is 0 Å². The number of anilines is 1. The fraction of sp³-hybridized carbons (Fsp3) is 0.276. The summed E-state index contributed by atoms with van der Waals surface area (Å²) in [5.74, 6) is 0.572. The van der Waals surface area contributed by atoms with Crippen molar-refractivity contribution < 1.29 is 24.2 Å². The molecule has 1 aliphatic heterocycles. The van der Waals surface area contributed by atoms with E-state index in [9.17, 15) is 14.7 Å². The number of amides is 2. The molecule has 0 bridgehead atoms. The number of likely N-dealkylation sites (N-methyl/N-ethyl adjacent to an activating group) is 1. The first-order valence-corrected chi connectivity index (χ1v) is 13.0. The zero-order chi connectivity index (χ0) is 27.5. The highest BCUT2D eigenvalue weighted by molar-refractivity contribution is 6.35. The highest BCUT2D eigenvalue weighted by Crippen LogP contribution is 2.33. The second-order valence-corrected chi connectivity index (χ2v) is 9.75. The van der Waals surface area contributed by atoms with Gasteiger partial charge in [0.2, 0.25) is 12.7 Å². The summed E-state index contributed by atoms with van der Waals surface area (Å²) in [6, 6.07) is 17.6. The Kier molecular flexibility index (Phi) is 7.72. The third-order valence-electron chi connectivity index (χ3n) is 6.90. The monoisotopic (exact) mass is 548 g/mol. The molecule has 10 heteroatoms. The van der Waals surface area contributed by atoms with Crippen molar-refractivity contribution in [2.75, 3.05) is 25.3 Å². The normalized spacial score (nSPS) is 12.9. The van der Waals surface area contributed by atoms with Crippen molar-refractivity contribution in [2.45, 2.75) is 32.4 Å². The lowest BCUT2D eigenvalue weighted by atomic mass is 10.0. The maximum Gasteiger partial charge on any atom is 0.262 e. The van der Waals surface area contributed by atoms with Gasteiger partial charge in [-0.25, -0.2) is 0 Å². The molecule has 3 heterocycles. The first-order chi connectivity index (χ1) is 18.9. The summed E-state index contributed by atoms with van der Waals surface area (Å²) in [5.41, 5.74) is 3.44. The van der Waals surface area contributed by atoms with E-state index < -0.39 is 6.04 Å². The summed E-state index contributed by atoms with van der Waals surface area (Å²) >= 11 is 6.50. The number of nitrogens with zero attached hydrogens (tertiary/aromatic N) is 3. The average molecular weight is 549 g/mol. The molecule has 0 radical (unpaired) electrons. The van der Waals surface area contributed by atoms with Gasteiger partial charge in [-0.3, -0.25) is 14.5 Å². The van der Waals surface area contributed by atoms with E-state index in [0.29, 0.717) is 35.3 Å². The van der Waals surface area contributed by atoms with E-state index in [1.807, 2.05) is 54.0 Å². The molecule has 0 saturated carbocycles. The van der Waals surface area contributed by atoms with E-state index in [4.69, 9.17) is 21.1 Å². The summed E-state index contributed by atoms with van der Waals surface area (Å²) in [6.45, 7) is 1.93. The van der Waals surface area contributed by atoms with Gasteiger partial charge in [0.15, 0.2) is 5.75 Å². The third kappa shape index (κ3) is 5.41. The van der Waals surface area contributed by atoms with Gasteiger partial charge in [-0.2, -0.15) is 4.98 Å². The summed E-state index contributed by atoms with van der Waals surface area (Å²) in [4.78, 5) is 32.9. The molecule has 5 rings (SSSR count). The summed E-state index contributed by atoms with van der Waals surface area (Å²) in [5, 5.41) is 13.9. The number of aromatic nitrogens is 2. The van der Waals surface area contributed by atoms with Gasteiger partial charge in [0.1, 0.15) is 18.4 Å². The molecule has 4 aromatic rings. The van der Waals surface area contributed by atoms with Crippen LogP contribution in [-0.4, -0.2) is 53.0 Å². The molecule has 202 valence electrons. The van der Waals surface area contributed by atoms with E-state index >= 15 is 0 Å². The number of aliphatic hydroxyl groups is 1. The Morgan fingerprint density at radius 3 is 2.69 bits per heavy atom. The topological polar surface area (TPSA) is 106 Å². The van der Waals surface area contributed by atoms with Gasteiger partial charge in [0, 0.05) is 31.2 Å². The van der Waals surface area contributed by atoms with Gasteiger partial charge >= 0.3 is 0 Å². The molecule has 0 aliphatic carbocycles. The second-order valence-electron chi connectivity index (χ2n) is 9.34. The number of carbonyl (C=O) groups is 2. The summed E-state index contributed by atoms with van der Waals surface area (Å²) in [6.07, 6.45) is 0.719. The summed E-state index contributed by atoms with van der Waals surface area (Å²) in [7, 11) is 1.61. The van der Waals surface area contributed by atoms with Crippen LogP contribution >= 0.6 is 11.6 Å². The second kappa shape index (κ2) is 11.3. The smallest absolute Gasteiger partial charge is 0.262 e. The number of pyridine rings is 1. The van der Waals surface area contributed by atoms with Crippen molar-refractivity contribution >= 4 is 40.1 Å². The largest absolute Gasteiger partial charge is 0.452 e. The Bertz CT molecular complexity index is 1520. The van der Waals surface area contributed by atoms with E-state index in [0.717, 1.165) is 27.7 Å². The van der Waals surface area contributed by atoms with E-state index in [2.05, 4.69) is 10.3 Å². The van der Waals surface area contributed by atoms with Crippen LogP contribution in [0.3, 0.4) is 0 Å². The van der Waals surface area contributed by atoms with Crippen LogP contribution in [-0.2, 0) is 29.0 Å². The van der Waals surface area contributed by atoms with Crippen LogP contribution in [0.1, 0.15) is 16.8 Å². The van der Waals surface area contributed by atoms with Gasteiger partial charge in [0.05, 0.1) is 10.5 Å². The first kappa shape index (κ1) is 26.5. The van der Waals surface area contributed by atoms with Crippen LogP contribution < -0.4 is 19.7 Å². The number of rotatable bonds is 9. The van der Waals surface area contributed by atoms with E-state index in [1.54, 1.807) is 25.2 Å². The Labute approximate surface area is 230 Å². The number of halogens is 1. The van der Waals surface area contributed by atoms with Crippen molar-refractivity contribution in [1.29, 1.82) is 0 Å². The third-order valence-corrected chi connectivity index (χ3v) is 7.22. The Morgan fingerprint density at radius 2 is 1.92 bits per heavy atom. The fourth-order valence-corrected chi connectivity index (χ4v) is 5.21. The maximum absolute atomic E-state index is 13.7. The van der Waals surface area contributed by atoms with Gasteiger partial charge in [-0.15, -0.1) is 0 Å². The number of aliphatic hydroxyl groups excluding tert-OH is 1. The highest BCUT2D eigenvalue weighted by Gasteiger charge is 2.28. The molecular formula is C29H29ClN4O5. The average Bonchev–Trinajstić information content (AvgIpc) is 3.51. The lowest BCUT2D eigenvalue weighted by Crippen LogP contribution is -2.49. The Morgan fingerprint density at radius 1 is 1.13 bits per heavy atom. The minimum Gasteiger partial charge on any atom is -0.452 e. The van der Waals surface area contributed by atoms with Crippen LogP contribution in [0.15, 0.2) is 60.7 Å². The lowest BCUT2D eigenvalue weighted by Gasteiger charge is -2.24. The molecule has 2 N–H and O–H groups in total. The predicted octanol–water partition coefficient (Wildman–Crippen LogP) is 3.65. The van der Waals surface area contributed by atoms with Gasteiger partial charge in [-0.1, -0.05) is 48.0 Å². The minimum absolute atomic E-state index is 0.0152. The van der Waals surface area contributed by atoms with Crippen LogP contribution in [0.4, 0.5) is 5.82 Å². The van der Waals surface area contributed by atoms with Crippen molar-refractivity contribution in [3.8, 4) is 11.6 Å². The maximum atomic E-state index is 13.7. The molecule has 0 spiro atoms. The van der Waals surface area contributed by atoms with Gasteiger partial charge < -0.3 is 24.5 Å². The van der Waals surface area contributed by atoms with Gasteiger partial charge in [-0.05, 0) is 48.7 Å². The standard InChI is InChI=1S/C29H29ClN4O5/c1-18-20(13-14-35)27-21(30)9-6-10-23(27)34(18)16-26(36)31-22(15-19-7-4-3-5-8-19)29(37)33(2)25-12-11-24-28(32-25)39-17-38-24/h3-12,22,35H,13-17H2,1-2H3,(H,31,36). The number of nitrogens with one attached hydrogen (secondary N) is 1. The van der Waals surface area contributed by atoms with Gasteiger partial charge in [0.25, 0.3) is 11.8 Å². The molecule has 0 fully saturated rings. The molecule has 9 nitrogen and oxygen atoms in total. The number of benzene rings is 2. The zero-order valence-corrected chi connectivity index (χ0v) is 22.4. The van der Waals surface area contributed by atoms with E-state index in [-0.39, 0.29) is 31.8 Å². The van der Waals surface area contributed by atoms with Crippen molar-refractivity contribution in [3.05, 3.63) is 82.5 Å². The number of carbonyl (C=O) groups excluding carboxylic acids is 2. The molecular weight excluding hydrogens is 520 g/mol. The predicted molar refractivity (Wildman–Crippen MR) is 148 cm³/mol. The summed E-state index contributed by atoms with van der Waals surface area (Å²) < 4.78 is 12.6. The van der Waals surface area contributed by atoms with Crippen LogP contribution in [0.5, 0.6) is 11.6 Å². The highest BCUT2D eigenvalue weighted by atomic mass is 35.5. The molecule has 2 aromatic heterocycles. The number of hydrogen-bond acceptors (Lipinski definition) is 6. The molecule has 1 aliphatic rings. The number of ether oxygens (including phenoxy) is 2. The zero-order valence-electron chi connectivity index (χ0n) is 21.7. The van der Waals surface area contributed by atoms with Crippen molar-refractivity contribution in [1.82, 2.24) is 14.9 Å². The van der Waals surface area contributed by atoms with Crippen LogP contribution in [0, 0.1) is 6.92 Å². The molecule has 39 heavy (non-hydrogen) atoms. The number of hydrogen-bond donors (Lipinski definition) is 2. The molecule has 2 aromatic carbocycles. The molecule has 2 amide bonds. The quantitative estimate of drug-likeness (QED) is 0.331. The Balaban J connectivity index is 1.41. The molecule has 0 saturated heterocycles. The first-order valence-electron chi connectivity index (χ1n) is 12.6. The Hall–Kier alpha value is -4.08. The minimum atomic E-state index is -0.847. The number of fused-ring (bicyclic) bond motifs is 2. The molecule has 1 unspecified atom stereocenters. The van der Waals surface area contributed by atoms with E-state index in [1.165, 1.54) is 4.90 Å². The fourth-order valence-electron chi connectivity index (χ4n) is 4.93. The van der Waals surface area contributed by atoms with Crippen LogP contribution in [0.2, 0.25) is 5.02 Å². The SMILES string of the molecule is Cc1c(CCO)c2c(Cl)cccc2n1CC(=O)NC(Cc1ccccc1)C(=O)N(C)c1ccc2c(n1)OCO2. The lowest BCUT2D eigenvalue weighted by molar-refractivity contribution is -0.127. The molecule has 1 atom stereocenters. The van der Waals surface area contributed by atoms with Crippen LogP contribution in [0.25, 0.3) is 10.9 Å². The van der Waals surface area contributed by atoms with Crippen molar-refractivity contribution in [3.63, 3.8) is 0 Å².